The van der Waals surface area contributed by atoms with Crippen molar-refractivity contribution in [2.75, 3.05) is 33.8 Å². The topological polar surface area (TPSA) is 33.7 Å². The summed E-state index contributed by atoms with van der Waals surface area (Å²) in [6, 6.07) is 5.25. The maximum absolute atomic E-state index is 12.5. The minimum Gasteiger partial charge on any atom is -0.493 e. The maximum Gasteiger partial charge on any atom is 0.387 e. The second kappa shape index (κ2) is 9.03. The highest BCUT2D eigenvalue weighted by atomic mass is 19.3. The van der Waals surface area contributed by atoms with Crippen LogP contribution < -0.4 is 14.8 Å². The second-order valence-corrected chi connectivity index (χ2v) is 5.98. The summed E-state index contributed by atoms with van der Waals surface area (Å²) >= 11 is 0. The molecule has 1 N–H and O–H groups in total. The summed E-state index contributed by atoms with van der Waals surface area (Å²) in [6.45, 7) is 1.07. The van der Waals surface area contributed by atoms with Gasteiger partial charge in [-0.25, -0.2) is 0 Å². The third-order valence-electron chi connectivity index (χ3n) is 4.36. The number of hydrogen-bond donors (Lipinski definition) is 1. The Balaban J connectivity index is 1.90. The van der Waals surface area contributed by atoms with Gasteiger partial charge < -0.3 is 14.8 Å². The predicted octanol–water partition coefficient (Wildman–Crippen LogP) is 3.12. The molecule has 0 spiro atoms. The van der Waals surface area contributed by atoms with Crippen molar-refractivity contribution in [2.45, 2.75) is 32.4 Å². The van der Waals surface area contributed by atoms with Gasteiger partial charge >= 0.3 is 6.61 Å². The van der Waals surface area contributed by atoms with Gasteiger partial charge in [0.1, 0.15) is 0 Å². The lowest BCUT2D eigenvalue weighted by molar-refractivity contribution is -0.0512. The number of rotatable bonds is 8. The van der Waals surface area contributed by atoms with E-state index in [4.69, 9.17) is 4.74 Å². The Bertz CT molecular complexity index is 478. The molecule has 4 nitrogen and oxygen atoms in total. The van der Waals surface area contributed by atoms with Crippen LogP contribution in [0.4, 0.5) is 8.78 Å². The van der Waals surface area contributed by atoms with Crippen molar-refractivity contribution >= 4 is 0 Å². The van der Waals surface area contributed by atoms with Crippen LogP contribution in [0.3, 0.4) is 0 Å². The van der Waals surface area contributed by atoms with Crippen LogP contribution in [0.2, 0.25) is 0 Å². The maximum atomic E-state index is 12.5. The number of likely N-dealkylation sites (tertiary alicyclic amines) is 1. The fourth-order valence-electron chi connectivity index (χ4n) is 3.05. The van der Waals surface area contributed by atoms with E-state index in [0.717, 1.165) is 37.7 Å². The molecular formula is C17H26F2N2O2. The van der Waals surface area contributed by atoms with E-state index in [0.29, 0.717) is 5.75 Å². The van der Waals surface area contributed by atoms with Crippen LogP contribution >= 0.6 is 0 Å². The van der Waals surface area contributed by atoms with Crippen molar-refractivity contribution in [2.24, 2.45) is 5.92 Å². The van der Waals surface area contributed by atoms with E-state index in [1.165, 1.54) is 26.4 Å². The number of ether oxygens (including phenoxy) is 2. The summed E-state index contributed by atoms with van der Waals surface area (Å²) in [7, 11) is 3.43. The highest BCUT2D eigenvalue weighted by Gasteiger charge is 2.19. The van der Waals surface area contributed by atoms with Crippen LogP contribution in [0.15, 0.2) is 18.2 Å². The van der Waals surface area contributed by atoms with Gasteiger partial charge in [-0.3, -0.25) is 4.90 Å². The Morgan fingerprint density at radius 1 is 1.26 bits per heavy atom. The minimum atomic E-state index is -2.85. The van der Waals surface area contributed by atoms with E-state index in [-0.39, 0.29) is 5.75 Å². The number of benzene rings is 1. The number of piperidine rings is 1. The molecule has 2 rings (SSSR count). The van der Waals surface area contributed by atoms with Gasteiger partial charge in [0.15, 0.2) is 11.5 Å². The molecule has 1 aromatic carbocycles. The standard InChI is InChI=1S/C17H26F2N2O2/c1-20-8-5-13-6-9-21(10-7-13)12-14-3-4-15(22-2)16(11-14)23-17(18)19/h3-4,11,13,17,20H,5-10,12H2,1-2H3. The van der Waals surface area contributed by atoms with Gasteiger partial charge in [0.25, 0.3) is 0 Å². The monoisotopic (exact) mass is 328 g/mol. The summed E-state index contributed by atoms with van der Waals surface area (Å²) < 4.78 is 34.6. The molecule has 23 heavy (non-hydrogen) atoms. The average molecular weight is 328 g/mol. The Hall–Kier alpha value is -1.40. The molecule has 6 heteroatoms. The molecule has 0 atom stereocenters. The van der Waals surface area contributed by atoms with E-state index < -0.39 is 6.61 Å². The van der Waals surface area contributed by atoms with Crippen molar-refractivity contribution in [3.8, 4) is 11.5 Å². The van der Waals surface area contributed by atoms with Gasteiger partial charge in [-0.2, -0.15) is 8.78 Å². The molecule has 1 fully saturated rings. The lowest BCUT2D eigenvalue weighted by atomic mass is 9.93. The minimum absolute atomic E-state index is 0.101. The molecule has 1 heterocycles. The molecule has 1 aliphatic rings. The first-order chi connectivity index (χ1) is 11.1. The van der Waals surface area contributed by atoms with Crippen LogP contribution in [0, 0.1) is 5.92 Å². The first-order valence-corrected chi connectivity index (χ1v) is 8.11. The summed E-state index contributed by atoms with van der Waals surface area (Å²) in [5.41, 5.74) is 0.968. The van der Waals surface area contributed by atoms with E-state index in [1.54, 1.807) is 12.1 Å². The molecule has 0 saturated carbocycles. The Morgan fingerprint density at radius 3 is 2.61 bits per heavy atom. The highest BCUT2D eigenvalue weighted by Crippen LogP contribution is 2.30. The molecule has 1 saturated heterocycles. The van der Waals surface area contributed by atoms with Gasteiger partial charge in [-0.05, 0) is 69.6 Å². The van der Waals surface area contributed by atoms with Crippen LogP contribution in [0.5, 0.6) is 11.5 Å². The zero-order valence-electron chi connectivity index (χ0n) is 13.9. The lowest BCUT2D eigenvalue weighted by Crippen LogP contribution is -2.34. The number of nitrogens with zero attached hydrogens (tertiary/aromatic N) is 1. The summed E-state index contributed by atoms with van der Waals surface area (Å²) in [5.74, 6) is 1.22. The fraction of sp³-hybridized carbons (Fsp3) is 0.647. The number of methoxy groups -OCH3 is 1. The third kappa shape index (κ3) is 5.62. The quantitative estimate of drug-likeness (QED) is 0.795. The van der Waals surface area contributed by atoms with Crippen LogP contribution in [-0.2, 0) is 6.54 Å². The lowest BCUT2D eigenvalue weighted by Gasteiger charge is -2.32. The van der Waals surface area contributed by atoms with Gasteiger partial charge in [-0.1, -0.05) is 6.07 Å². The molecule has 0 unspecified atom stereocenters. The van der Waals surface area contributed by atoms with Gasteiger partial charge in [-0.15, -0.1) is 0 Å². The fourth-order valence-corrected chi connectivity index (χ4v) is 3.05. The summed E-state index contributed by atoms with van der Waals surface area (Å²) in [6.07, 6.45) is 3.61. The van der Waals surface area contributed by atoms with Crippen LogP contribution in [0.25, 0.3) is 0 Å². The number of alkyl halides is 2. The summed E-state index contributed by atoms with van der Waals surface area (Å²) in [5, 5.41) is 3.20. The number of halogens is 2. The van der Waals surface area contributed by atoms with Crippen LogP contribution in [-0.4, -0.2) is 45.3 Å². The van der Waals surface area contributed by atoms with E-state index in [9.17, 15) is 8.78 Å². The average Bonchev–Trinajstić information content (AvgIpc) is 2.54. The Morgan fingerprint density at radius 2 is 2.00 bits per heavy atom. The van der Waals surface area contributed by atoms with Crippen molar-refractivity contribution < 1.29 is 18.3 Å². The molecule has 0 aromatic heterocycles. The Kier molecular flexibility index (Phi) is 7.05. The largest absolute Gasteiger partial charge is 0.493 e. The molecule has 0 amide bonds. The van der Waals surface area contributed by atoms with Gasteiger partial charge in [0, 0.05) is 6.54 Å². The molecular weight excluding hydrogens is 302 g/mol. The number of hydrogen-bond acceptors (Lipinski definition) is 4. The van der Waals surface area contributed by atoms with E-state index in [2.05, 4.69) is 15.0 Å². The zero-order chi connectivity index (χ0) is 16.7. The van der Waals surface area contributed by atoms with Crippen molar-refractivity contribution in [3.63, 3.8) is 0 Å². The number of nitrogens with one attached hydrogen (secondary N) is 1. The Labute approximate surface area is 136 Å². The first kappa shape index (κ1) is 17.9. The van der Waals surface area contributed by atoms with E-state index in [1.807, 2.05) is 13.1 Å². The molecule has 1 aliphatic heterocycles. The van der Waals surface area contributed by atoms with E-state index >= 15 is 0 Å². The van der Waals surface area contributed by atoms with Gasteiger partial charge in [0.05, 0.1) is 7.11 Å². The normalized spacial score (nSPS) is 16.7. The molecule has 0 bridgehead atoms. The molecule has 130 valence electrons. The van der Waals surface area contributed by atoms with Gasteiger partial charge in [0.2, 0.25) is 0 Å². The summed E-state index contributed by atoms with van der Waals surface area (Å²) in [4.78, 5) is 2.36. The predicted molar refractivity (Wildman–Crippen MR) is 86.2 cm³/mol. The first-order valence-electron chi connectivity index (χ1n) is 8.11. The highest BCUT2D eigenvalue weighted by molar-refractivity contribution is 5.43. The second-order valence-electron chi connectivity index (χ2n) is 5.98. The van der Waals surface area contributed by atoms with Crippen molar-refractivity contribution in [1.29, 1.82) is 0 Å². The van der Waals surface area contributed by atoms with Crippen molar-refractivity contribution in [3.05, 3.63) is 23.8 Å². The zero-order valence-corrected chi connectivity index (χ0v) is 13.9. The van der Waals surface area contributed by atoms with Crippen molar-refractivity contribution in [1.82, 2.24) is 10.2 Å². The van der Waals surface area contributed by atoms with Crippen LogP contribution in [0.1, 0.15) is 24.8 Å². The SMILES string of the molecule is CNCCC1CCN(Cc2ccc(OC)c(OC(F)F)c2)CC1. The molecule has 1 aromatic rings. The molecule has 0 aliphatic carbocycles. The molecule has 0 radical (unpaired) electrons. The smallest absolute Gasteiger partial charge is 0.387 e. The third-order valence-corrected chi connectivity index (χ3v) is 4.36.